The van der Waals surface area contributed by atoms with E-state index >= 15 is 0 Å². The lowest BCUT2D eigenvalue weighted by molar-refractivity contribution is 0.424. The highest BCUT2D eigenvalue weighted by Gasteiger charge is 2.09. The topological polar surface area (TPSA) is 40.8 Å². The predicted octanol–water partition coefficient (Wildman–Crippen LogP) is 3.44. The molecule has 4 heteroatoms. The molecule has 21 heavy (non-hydrogen) atoms. The molecule has 0 amide bonds. The molecule has 2 aromatic rings. The van der Waals surface area contributed by atoms with Crippen molar-refractivity contribution in [2.45, 2.75) is 39.4 Å². The Labute approximate surface area is 125 Å². The highest BCUT2D eigenvalue weighted by Crippen LogP contribution is 2.13. The zero-order chi connectivity index (χ0) is 15.5. The zero-order valence-corrected chi connectivity index (χ0v) is 12.7. The van der Waals surface area contributed by atoms with Crippen LogP contribution in [0.4, 0.5) is 4.39 Å². The molecule has 1 heterocycles. The van der Waals surface area contributed by atoms with Crippen LogP contribution in [0.2, 0.25) is 0 Å². The summed E-state index contributed by atoms with van der Waals surface area (Å²) in [6, 6.07) is 8.40. The molecule has 0 unspecified atom stereocenters. The minimum atomic E-state index is -0.314. The van der Waals surface area contributed by atoms with Gasteiger partial charge in [-0.05, 0) is 56.2 Å². The zero-order valence-electron chi connectivity index (χ0n) is 12.7. The second kappa shape index (κ2) is 6.11. The predicted molar refractivity (Wildman–Crippen MR) is 81.2 cm³/mol. The normalized spacial score (nSPS) is 11.4. The molecule has 2 rings (SSSR count). The van der Waals surface area contributed by atoms with Gasteiger partial charge >= 0.3 is 0 Å². The quantitative estimate of drug-likeness (QED) is 0.935. The van der Waals surface area contributed by atoms with Crippen LogP contribution in [0.3, 0.4) is 0 Å². The first kappa shape index (κ1) is 15.3. The van der Waals surface area contributed by atoms with Crippen LogP contribution in [-0.4, -0.2) is 10.1 Å². The van der Waals surface area contributed by atoms with E-state index < -0.39 is 0 Å². The van der Waals surface area contributed by atoms with Gasteiger partial charge in [0.05, 0.1) is 11.6 Å². The molecule has 0 bridgehead atoms. The summed E-state index contributed by atoms with van der Waals surface area (Å²) in [6.45, 7) is 7.64. The van der Waals surface area contributed by atoms with Gasteiger partial charge in [0.15, 0.2) is 0 Å². The largest absolute Gasteiger partial charge is 0.350 e. The van der Waals surface area contributed by atoms with Crippen LogP contribution in [0, 0.1) is 17.1 Å². The van der Waals surface area contributed by atoms with E-state index in [4.69, 9.17) is 5.26 Å². The molecular weight excluding hydrogens is 265 g/mol. The summed E-state index contributed by atoms with van der Waals surface area (Å²) >= 11 is 0. The maximum absolute atomic E-state index is 13.3. The second-order valence-corrected chi connectivity index (χ2v) is 6.21. The van der Waals surface area contributed by atoms with Crippen molar-refractivity contribution in [1.82, 2.24) is 9.88 Å². The molecule has 0 saturated carbocycles. The van der Waals surface area contributed by atoms with Crippen LogP contribution < -0.4 is 5.32 Å². The Kier molecular flexibility index (Phi) is 4.44. The smallest absolute Gasteiger partial charge is 0.123 e. The Hall–Kier alpha value is -2.12. The summed E-state index contributed by atoms with van der Waals surface area (Å²) in [6.07, 6.45) is 3.97. The number of rotatable bonds is 4. The number of aromatic nitrogens is 1. The first-order valence-electron chi connectivity index (χ1n) is 6.95. The van der Waals surface area contributed by atoms with Gasteiger partial charge in [-0.1, -0.05) is 0 Å². The summed E-state index contributed by atoms with van der Waals surface area (Å²) in [4.78, 5) is 0. The van der Waals surface area contributed by atoms with Crippen molar-refractivity contribution >= 4 is 0 Å². The first-order valence-corrected chi connectivity index (χ1v) is 6.95. The van der Waals surface area contributed by atoms with Crippen LogP contribution in [0.25, 0.3) is 0 Å². The minimum Gasteiger partial charge on any atom is -0.350 e. The third-order valence-electron chi connectivity index (χ3n) is 3.18. The van der Waals surface area contributed by atoms with Crippen molar-refractivity contribution in [3.05, 3.63) is 59.2 Å². The Morgan fingerprint density at radius 2 is 2.05 bits per heavy atom. The number of hydrogen-bond donors (Lipinski definition) is 1. The molecule has 0 saturated heterocycles. The monoisotopic (exact) mass is 285 g/mol. The fourth-order valence-corrected chi connectivity index (χ4v) is 2.06. The molecular formula is C17H20FN3. The third-order valence-corrected chi connectivity index (χ3v) is 3.18. The van der Waals surface area contributed by atoms with E-state index in [-0.39, 0.29) is 11.4 Å². The fourth-order valence-electron chi connectivity index (χ4n) is 2.06. The summed E-state index contributed by atoms with van der Waals surface area (Å²) in [5.74, 6) is -0.314. The van der Waals surface area contributed by atoms with E-state index in [0.717, 1.165) is 6.54 Å². The molecule has 3 nitrogen and oxygen atoms in total. The molecule has 1 aromatic heterocycles. The van der Waals surface area contributed by atoms with Crippen molar-refractivity contribution in [2.75, 3.05) is 0 Å². The van der Waals surface area contributed by atoms with Crippen molar-refractivity contribution in [1.29, 1.82) is 5.26 Å². The van der Waals surface area contributed by atoms with Crippen LogP contribution in [0.1, 0.15) is 37.5 Å². The number of nitriles is 1. The lowest BCUT2D eigenvalue weighted by atomic mass is 10.1. The Morgan fingerprint density at radius 3 is 2.71 bits per heavy atom. The SMILES string of the molecule is CC(C)(C)NCc1ccn(Cc2cc(F)ccc2C#N)c1. The summed E-state index contributed by atoms with van der Waals surface area (Å²) in [5.41, 5.74) is 2.45. The third kappa shape index (κ3) is 4.44. The Balaban J connectivity index is 2.09. The van der Waals surface area contributed by atoms with E-state index in [9.17, 15) is 4.39 Å². The summed E-state index contributed by atoms with van der Waals surface area (Å²) < 4.78 is 15.3. The molecule has 0 atom stereocenters. The van der Waals surface area contributed by atoms with Crippen molar-refractivity contribution in [2.24, 2.45) is 0 Å². The lowest BCUT2D eigenvalue weighted by Gasteiger charge is -2.19. The maximum Gasteiger partial charge on any atom is 0.123 e. The number of nitrogens with zero attached hydrogens (tertiary/aromatic N) is 2. The van der Waals surface area contributed by atoms with Crippen molar-refractivity contribution < 1.29 is 4.39 Å². The average Bonchev–Trinajstić information content (AvgIpc) is 2.84. The number of halogens is 1. The fraction of sp³-hybridized carbons (Fsp3) is 0.353. The molecule has 0 spiro atoms. The van der Waals surface area contributed by atoms with Crippen LogP contribution in [0.15, 0.2) is 36.7 Å². The summed E-state index contributed by atoms with van der Waals surface area (Å²) in [7, 11) is 0. The van der Waals surface area contributed by atoms with Gasteiger partial charge in [0.1, 0.15) is 5.82 Å². The highest BCUT2D eigenvalue weighted by atomic mass is 19.1. The number of benzene rings is 1. The number of nitrogens with one attached hydrogen (secondary N) is 1. The molecule has 1 aromatic carbocycles. The van der Waals surface area contributed by atoms with Crippen molar-refractivity contribution in [3.8, 4) is 6.07 Å². The molecule has 1 N–H and O–H groups in total. The molecule has 0 aliphatic heterocycles. The Morgan fingerprint density at radius 1 is 1.29 bits per heavy atom. The van der Waals surface area contributed by atoms with Gasteiger partial charge in [0.25, 0.3) is 0 Å². The van der Waals surface area contributed by atoms with Crippen molar-refractivity contribution in [3.63, 3.8) is 0 Å². The highest BCUT2D eigenvalue weighted by molar-refractivity contribution is 5.38. The van der Waals surface area contributed by atoms with Gasteiger partial charge in [-0.25, -0.2) is 4.39 Å². The summed E-state index contributed by atoms with van der Waals surface area (Å²) in [5, 5.41) is 12.5. The van der Waals surface area contributed by atoms with Gasteiger partial charge in [-0.3, -0.25) is 0 Å². The molecule has 0 fully saturated rings. The molecule has 0 aliphatic carbocycles. The van der Waals surface area contributed by atoms with Crippen LogP contribution in [-0.2, 0) is 13.1 Å². The van der Waals surface area contributed by atoms with Gasteiger partial charge in [0, 0.05) is 31.0 Å². The van der Waals surface area contributed by atoms with Crippen LogP contribution in [0.5, 0.6) is 0 Å². The molecule has 0 aliphatic rings. The van der Waals surface area contributed by atoms with E-state index in [2.05, 4.69) is 32.2 Å². The maximum atomic E-state index is 13.3. The standard InChI is InChI=1S/C17H20FN3/c1-17(2,3)20-10-13-6-7-21(11-13)12-15-8-16(18)5-4-14(15)9-19/h4-8,11,20H,10,12H2,1-3H3. The minimum absolute atomic E-state index is 0.0681. The van der Waals surface area contributed by atoms with E-state index in [1.165, 1.54) is 23.8 Å². The van der Waals surface area contributed by atoms with E-state index in [1.807, 2.05) is 23.0 Å². The van der Waals surface area contributed by atoms with Gasteiger partial charge in [-0.15, -0.1) is 0 Å². The molecule has 0 radical (unpaired) electrons. The Bertz CT molecular complexity index is 659. The van der Waals surface area contributed by atoms with E-state index in [0.29, 0.717) is 17.7 Å². The van der Waals surface area contributed by atoms with Crippen LogP contribution >= 0.6 is 0 Å². The lowest BCUT2D eigenvalue weighted by Crippen LogP contribution is -2.34. The van der Waals surface area contributed by atoms with Gasteiger partial charge in [0.2, 0.25) is 0 Å². The molecule has 110 valence electrons. The average molecular weight is 285 g/mol. The van der Waals surface area contributed by atoms with Gasteiger partial charge in [-0.2, -0.15) is 5.26 Å². The second-order valence-electron chi connectivity index (χ2n) is 6.21. The van der Waals surface area contributed by atoms with E-state index in [1.54, 1.807) is 0 Å². The van der Waals surface area contributed by atoms with Gasteiger partial charge < -0.3 is 9.88 Å². The first-order chi connectivity index (χ1) is 9.87. The number of hydrogen-bond acceptors (Lipinski definition) is 2.